The quantitative estimate of drug-likeness (QED) is 0.892. The number of hydrogen-bond donors (Lipinski definition) is 1. The molecule has 1 saturated carbocycles. The summed E-state index contributed by atoms with van der Waals surface area (Å²) < 4.78 is 0. The van der Waals surface area contributed by atoms with Gasteiger partial charge in [0.25, 0.3) is 0 Å². The molecule has 18 heavy (non-hydrogen) atoms. The zero-order valence-corrected chi connectivity index (χ0v) is 12.5. The van der Waals surface area contributed by atoms with Crippen molar-refractivity contribution < 1.29 is 0 Å². The molecule has 0 aliphatic heterocycles. The Morgan fingerprint density at radius 1 is 1.56 bits per heavy atom. The summed E-state index contributed by atoms with van der Waals surface area (Å²) in [7, 11) is 0. The second kappa shape index (κ2) is 6.13. The lowest BCUT2D eigenvalue weighted by molar-refractivity contribution is 0.121. The number of aryl methyl sites for hydroxylation is 1. The van der Waals surface area contributed by atoms with Gasteiger partial charge in [0, 0.05) is 11.4 Å². The Labute approximate surface area is 114 Å². The highest BCUT2D eigenvalue weighted by Gasteiger charge is 2.33. The van der Waals surface area contributed by atoms with E-state index < -0.39 is 0 Å². The van der Waals surface area contributed by atoms with Crippen molar-refractivity contribution in [1.29, 1.82) is 0 Å². The fraction of sp³-hybridized carbons (Fsp3) is 0.786. The lowest BCUT2D eigenvalue weighted by atomic mass is 10.00. The van der Waals surface area contributed by atoms with Gasteiger partial charge in [-0.05, 0) is 45.7 Å². The second-order valence-corrected chi connectivity index (χ2v) is 6.35. The van der Waals surface area contributed by atoms with Gasteiger partial charge in [0.05, 0.1) is 16.7 Å². The van der Waals surface area contributed by atoms with Gasteiger partial charge < -0.3 is 5.73 Å². The Hall–Kier alpha value is -0.450. The smallest absolute Gasteiger partial charge is 0.0898 e. The number of nitrogens with two attached hydrogens (primary N) is 1. The predicted molar refractivity (Wildman–Crippen MR) is 77.8 cm³/mol. The molecule has 1 heterocycles. The molecule has 2 rings (SSSR count). The van der Waals surface area contributed by atoms with Crippen LogP contribution in [0, 0.1) is 12.8 Å². The molecule has 3 unspecified atom stereocenters. The fourth-order valence-electron chi connectivity index (χ4n) is 3.27. The van der Waals surface area contributed by atoms with Gasteiger partial charge in [0.2, 0.25) is 0 Å². The van der Waals surface area contributed by atoms with Crippen LogP contribution >= 0.6 is 11.3 Å². The van der Waals surface area contributed by atoms with Crippen molar-refractivity contribution in [3.63, 3.8) is 0 Å². The Morgan fingerprint density at radius 2 is 2.33 bits per heavy atom. The van der Waals surface area contributed by atoms with Crippen LogP contribution in [0.1, 0.15) is 49.9 Å². The second-order valence-electron chi connectivity index (χ2n) is 5.29. The van der Waals surface area contributed by atoms with Crippen LogP contribution in [0.2, 0.25) is 0 Å². The summed E-state index contributed by atoms with van der Waals surface area (Å²) in [5.74, 6) is 0.673. The standard InChI is InChI=1S/C14H25N3S/c1-4-17(14-7-5-6-12(14)8-15)10(2)13-9-18-11(3)16-13/h9-10,12,14H,4-8,15H2,1-3H3. The molecule has 1 aliphatic rings. The number of rotatable bonds is 5. The van der Waals surface area contributed by atoms with Crippen molar-refractivity contribution in [3.8, 4) is 0 Å². The maximum atomic E-state index is 5.92. The fourth-order valence-corrected chi connectivity index (χ4v) is 3.97. The Balaban J connectivity index is 2.12. The average Bonchev–Trinajstić information content (AvgIpc) is 2.98. The van der Waals surface area contributed by atoms with Gasteiger partial charge in [0.15, 0.2) is 0 Å². The number of aromatic nitrogens is 1. The van der Waals surface area contributed by atoms with Crippen molar-refractivity contribution in [2.45, 2.75) is 52.1 Å². The highest BCUT2D eigenvalue weighted by molar-refractivity contribution is 7.09. The molecule has 0 aromatic carbocycles. The lowest BCUT2D eigenvalue weighted by Gasteiger charge is -2.36. The van der Waals surface area contributed by atoms with Crippen LogP contribution in [0.15, 0.2) is 5.38 Å². The van der Waals surface area contributed by atoms with Gasteiger partial charge in [-0.15, -0.1) is 11.3 Å². The van der Waals surface area contributed by atoms with Gasteiger partial charge in [0.1, 0.15) is 0 Å². The first-order valence-corrected chi connectivity index (χ1v) is 7.93. The maximum absolute atomic E-state index is 5.92. The van der Waals surface area contributed by atoms with Gasteiger partial charge in [-0.25, -0.2) is 4.98 Å². The third-order valence-electron chi connectivity index (χ3n) is 4.28. The van der Waals surface area contributed by atoms with E-state index in [9.17, 15) is 0 Å². The third kappa shape index (κ3) is 2.76. The van der Waals surface area contributed by atoms with Crippen LogP contribution in [0.3, 0.4) is 0 Å². The maximum Gasteiger partial charge on any atom is 0.0898 e. The summed E-state index contributed by atoms with van der Waals surface area (Å²) in [5, 5.41) is 3.37. The van der Waals surface area contributed by atoms with Crippen molar-refractivity contribution in [2.24, 2.45) is 11.7 Å². The SMILES string of the molecule is CCN(C(C)c1csc(C)n1)C1CCCC1CN. The van der Waals surface area contributed by atoms with E-state index in [1.165, 1.54) is 25.0 Å². The average molecular weight is 267 g/mol. The first kappa shape index (κ1) is 14.0. The van der Waals surface area contributed by atoms with Crippen LogP contribution in [-0.2, 0) is 0 Å². The van der Waals surface area contributed by atoms with Crippen LogP contribution in [0.5, 0.6) is 0 Å². The molecule has 0 bridgehead atoms. The first-order valence-electron chi connectivity index (χ1n) is 7.05. The minimum atomic E-state index is 0.414. The Kier molecular flexibility index (Phi) is 4.76. The topological polar surface area (TPSA) is 42.2 Å². The number of hydrogen-bond acceptors (Lipinski definition) is 4. The molecule has 0 saturated heterocycles. The van der Waals surface area contributed by atoms with E-state index >= 15 is 0 Å². The van der Waals surface area contributed by atoms with E-state index in [0.29, 0.717) is 18.0 Å². The number of thiazole rings is 1. The van der Waals surface area contributed by atoms with Gasteiger partial charge in [-0.2, -0.15) is 0 Å². The zero-order valence-electron chi connectivity index (χ0n) is 11.7. The summed E-state index contributed by atoms with van der Waals surface area (Å²) in [5.41, 5.74) is 7.14. The molecule has 0 spiro atoms. The van der Waals surface area contributed by atoms with Crippen molar-refractivity contribution in [2.75, 3.05) is 13.1 Å². The molecule has 1 aromatic rings. The molecular formula is C14H25N3S. The first-order chi connectivity index (χ1) is 8.67. The van der Waals surface area contributed by atoms with E-state index in [0.717, 1.165) is 18.1 Å². The summed E-state index contributed by atoms with van der Waals surface area (Å²) in [6.45, 7) is 8.52. The lowest BCUT2D eigenvalue weighted by Crippen LogP contribution is -2.41. The van der Waals surface area contributed by atoms with Gasteiger partial charge in [-0.3, -0.25) is 4.90 Å². The molecule has 3 atom stereocenters. The summed E-state index contributed by atoms with van der Waals surface area (Å²) >= 11 is 1.75. The van der Waals surface area contributed by atoms with Crippen LogP contribution in [0.4, 0.5) is 0 Å². The van der Waals surface area contributed by atoms with E-state index in [-0.39, 0.29) is 0 Å². The largest absolute Gasteiger partial charge is 0.330 e. The van der Waals surface area contributed by atoms with Gasteiger partial charge in [-0.1, -0.05) is 13.3 Å². The monoisotopic (exact) mass is 267 g/mol. The zero-order chi connectivity index (χ0) is 13.1. The summed E-state index contributed by atoms with van der Waals surface area (Å²) in [6.07, 6.45) is 3.91. The molecular weight excluding hydrogens is 242 g/mol. The van der Waals surface area contributed by atoms with Gasteiger partial charge >= 0.3 is 0 Å². The molecule has 2 N–H and O–H groups in total. The summed E-state index contributed by atoms with van der Waals surface area (Å²) in [4.78, 5) is 7.24. The van der Waals surface area contributed by atoms with E-state index in [1.54, 1.807) is 11.3 Å². The molecule has 0 amide bonds. The molecule has 3 nitrogen and oxygen atoms in total. The highest BCUT2D eigenvalue weighted by Crippen LogP contribution is 2.34. The minimum absolute atomic E-state index is 0.414. The Morgan fingerprint density at radius 3 is 2.89 bits per heavy atom. The van der Waals surface area contributed by atoms with E-state index in [1.807, 2.05) is 0 Å². The minimum Gasteiger partial charge on any atom is -0.330 e. The highest BCUT2D eigenvalue weighted by atomic mass is 32.1. The Bertz CT molecular complexity index is 377. The molecule has 1 fully saturated rings. The summed E-state index contributed by atoms with van der Waals surface area (Å²) in [6, 6.07) is 1.06. The molecule has 0 radical (unpaired) electrons. The molecule has 102 valence electrons. The third-order valence-corrected chi connectivity index (χ3v) is 5.07. The van der Waals surface area contributed by atoms with Crippen molar-refractivity contribution >= 4 is 11.3 Å². The molecule has 4 heteroatoms. The van der Waals surface area contributed by atoms with E-state index in [4.69, 9.17) is 5.73 Å². The molecule has 1 aromatic heterocycles. The van der Waals surface area contributed by atoms with E-state index in [2.05, 4.69) is 36.0 Å². The van der Waals surface area contributed by atoms with Crippen molar-refractivity contribution in [1.82, 2.24) is 9.88 Å². The van der Waals surface area contributed by atoms with Crippen molar-refractivity contribution in [3.05, 3.63) is 16.1 Å². The normalized spacial score (nSPS) is 25.8. The predicted octanol–water partition coefficient (Wildman–Crippen LogP) is 2.96. The van der Waals surface area contributed by atoms with Crippen LogP contribution < -0.4 is 5.73 Å². The molecule has 1 aliphatic carbocycles. The number of nitrogens with zero attached hydrogens (tertiary/aromatic N) is 2. The van der Waals surface area contributed by atoms with Crippen LogP contribution in [0.25, 0.3) is 0 Å². The van der Waals surface area contributed by atoms with Crippen LogP contribution in [-0.4, -0.2) is 29.0 Å².